The predicted octanol–water partition coefficient (Wildman–Crippen LogP) is 1.64. The summed E-state index contributed by atoms with van der Waals surface area (Å²) in [6.45, 7) is 0.524. The van der Waals surface area contributed by atoms with Crippen molar-refractivity contribution in [2.45, 2.75) is 13.0 Å². The van der Waals surface area contributed by atoms with Crippen LogP contribution < -0.4 is 5.56 Å². The van der Waals surface area contributed by atoms with E-state index in [2.05, 4.69) is 26.2 Å². The average molecular weight is 318 g/mol. The topological polar surface area (TPSA) is 52.7 Å². The minimum atomic E-state index is -0.0988. The molecule has 0 aliphatic heterocycles. The van der Waals surface area contributed by atoms with E-state index in [-0.39, 0.29) is 5.56 Å². The van der Waals surface area contributed by atoms with Crippen molar-refractivity contribution >= 4 is 27.5 Å². The largest absolute Gasteiger partial charge is 0.313 e. The first-order valence-corrected chi connectivity index (χ1v) is 6.14. The summed E-state index contributed by atoms with van der Waals surface area (Å²) in [4.78, 5) is 11.8. The molecule has 7 heteroatoms. The van der Waals surface area contributed by atoms with Crippen molar-refractivity contribution in [3.63, 3.8) is 0 Å². The minimum Gasteiger partial charge on any atom is -0.313 e. The summed E-state index contributed by atoms with van der Waals surface area (Å²) >= 11 is 9.06. The summed E-state index contributed by atoms with van der Waals surface area (Å²) in [7, 11) is 1.80. The highest BCUT2D eigenvalue weighted by Crippen LogP contribution is 2.12. The van der Waals surface area contributed by atoms with Crippen LogP contribution >= 0.6 is 27.5 Å². The van der Waals surface area contributed by atoms with Crippen molar-refractivity contribution in [2.24, 2.45) is 7.05 Å². The molecule has 0 spiro atoms. The van der Waals surface area contributed by atoms with Gasteiger partial charge >= 0.3 is 0 Å². The van der Waals surface area contributed by atoms with E-state index in [1.165, 1.54) is 0 Å². The highest BCUT2D eigenvalue weighted by molar-refractivity contribution is 9.10. The predicted molar refractivity (Wildman–Crippen MR) is 68.1 cm³/mol. The van der Waals surface area contributed by atoms with Gasteiger partial charge in [0.05, 0.1) is 15.2 Å². The van der Waals surface area contributed by atoms with Gasteiger partial charge in [0.2, 0.25) is 0 Å². The summed E-state index contributed by atoms with van der Waals surface area (Å²) in [5.74, 6) is 0. The van der Waals surface area contributed by atoms with Gasteiger partial charge in [0.1, 0.15) is 0 Å². The zero-order chi connectivity index (χ0) is 12.4. The second-order valence-electron chi connectivity index (χ2n) is 3.64. The van der Waals surface area contributed by atoms with Gasteiger partial charge in [-0.1, -0.05) is 16.8 Å². The third-order valence-corrected chi connectivity index (χ3v) is 3.04. The number of hydrogen-bond donors (Lipinski definition) is 0. The Bertz CT molecular complexity index is 592. The second-order valence-corrected chi connectivity index (χ2v) is 4.93. The molecule has 0 radical (unpaired) electrons. The Balaban J connectivity index is 2.17. The quantitative estimate of drug-likeness (QED) is 0.865. The molecule has 2 rings (SSSR count). The SMILES string of the molecule is Cn1cc(CCn2cc(Cl)cc(Br)c2=O)nn1. The van der Waals surface area contributed by atoms with Gasteiger partial charge in [-0.25, -0.2) is 0 Å². The maximum absolute atomic E-state index is 11.8. The number of nitrogens with zero attached hydrogens (tertiary/aromatic N) is 4. The number of pyridine rings is 1. The van der Waals surface area contributed by atoms with Gasteiger partial charge in [-0.3, -0.25) is 9.48 Å². The molecular weight excluding hydrogens is 307 g/mol. The third kappa shape index (κ3) is 2.95. The Morgan fingerprint density at radius 3 is 2.88 bits per heavy atom. The fourth-order valence-electron chi connectivity index (χ4n) is 1.48. The van der Waals surface area contributed by atoms with Crippen LogP contribution in [0.1, 0.15) is 5.69 Å². The van der Waals surface area contributed by atoms with Crippen molar-refractivity contribution in [2.75, 3.05) is 0 Å². The molecular formula is C10H10BrClN4O. The van der Waals surface area contributed by atoms with Crippen molar-refractivity contribution in [1.82, 2.24) is 19.6 Å². The summed E-state index contributed by atoms with van der Waals surface area (Å²) in [6, 6.07) is 1.59. The first-order valence-electron chi connectivity index (χ1n) is 4.97. The van der Waals surface area contributed by atoms with Gasteiger partial charge in [-0.15, -0.1) is 5.10 Å². The zero-order valence-corrected chi connectivity index (χ0v) is 11.4. The molecule has 0 atom stereocenters. The van der Waals surface area contributed by atoms with Crippen LogP contribution in [-0.2, 0) is 20.0 Å². The molecule has 0 saturated heterocycles. The molecule has 2 aromatic rings. The fourth-order valence-corrected chi connectivity index (χ4v) is 2.31. The van der Waals surface area contributed by atoms with E-state index in [4.69, 9.17) is 11.6 Å². The van der Waals surface area contributed by atoms with E-state index in [0.717, 1.165) is 5.69 Å². The average Bonchev–Trinajstić information content (AvgIpc) is 2.67. The molecule has 0 fully saturated rings. The number of hydrogen-bond acceptors (Lipinski definition) is 3. The molecule has 2 heterocycles. The van der Waals surface area contributed by atoms with E-state index < -0.39 is 0 Å². The number of rotatable bonds is 3. The number of aromatic nitrogens is 4. The maximum atomic E-state index is 11.8. The summed E-state index contributed by atoms with van der Waals surface area (Å²) in [5.41, 5.74) is 0.744. The van der Waals surface area contributed by atoms with E-state index in [1.54, 1.807) is 28.6 Å². The maximum Gasteiger partial charge on any atom is 0.264 e. The summed E-state index contributed by atoms with van der Waals surface area (Å²) in [5, 5.41) is 8.31. The first-order chi connectivity index (χ1) is 8.06. The van der Waals surface area contributed by atoms with Gasteiger partial charge in [-0.2, -0.15) is 0 Å². The Kier molecular flexibility index (Phi) is 3.63. The third-order valence-electron chi connectivity index (χ3n) is 2.27. The van der Waals surface area contributed by atoms with Crippen LogP contribution in [0.25, 0.3) is 0 Å². The van der Waals surface area contributed by atoms with E-state index in [0.29, 0.717) is 22.5 Å². The smallest absolute Gasteiger partial charge is 0.264 e. The van der Waals surface area contributed by atoms with Crippen LogP contribution in [-0.4, -0.2) is 19.6 Å². The van der Waals surface area contributed by atoms with Gasteiger partial charge < -0.3 is 4.57 Å². The van der Waals surface area contributed by atoms with Crippen molar-refractivity contribution in [3.8, 4) is 0 Å². The lowest BCUT2D eigenvalue weighted by Gasteiger charge is -2.05. The van der Waals surface area contributed by atoms with Crippen LogP contribution in [0.4, 0.5) is 0 Å². The first kappa shape index (κ1) is 12.3. The standard InChI is InChI=1S/C10H10BrClN4O/c1-15-6-8(13-14-15)2-3-16-5-7(12)4-9(11)10(16)17/h4-6H,2-3H2,1H3. The van der Waals surface area contributed by atoms with Crippen molar-refractivity contribution < 1.29 is 0 Å². The lowest BCUT2D eigenvalue weighted by atomic mass is 10.3. The van der Waals surface area contributed by atoms with E-state index in [1.807, 2.05) is 6.20 Å². The van der Waals surface area contributed by atoms with Crippen molar-refractivity contribution in [3.05, 3.63) is 44.0 Å². The lowest BCUT2D eigenvalue weighted by molar-refractivity contribution is 0.655. The van der Waals surface area contributed by atoms with Crippen LogP contribution in [0.2, 0.25) is 5.02 Å². The summed E-state index contributed by atoms with van der Waals surface area (Å²) in [6.07, 6.45) is 4.08. The molecule has 0 unspecified atom stereocenters. The number of halogens is 2. The molecule has 0 saturated carbocycles. The Labute approximate surface area is 111 Å². The highest BCUT2D eigenvalue weighted by atomic mass is 79.9. The fraction of sp³-hybridized carbons (Fsp3) is 0.300. The van der Waals surface area contributed by atoms with Gasteiger partial charge in [0, 0.05) is 32.4 Å². The van der Waals surface area contributed by atoms with Crippen LogP contribution in [0.5, 0.6) is 0 Å². The van der Waals surface area contributed by atoms with E-state index >= 15 is 0 Å². The van der Waals surface area contributed by atoms with Gasteiger partial charge in [-0.05, 0) is 22.0 Å². The summed E-state index contributed by atoms with van der Waals surface area (Å²) < 4.78 is 3.65. The molecule has 0 amide bonds. The molecule has 0 bridgehead atoms. The molecule has 0 N–H and O–H groups in total. The molecule has 5 nitrogen and oxygen atoms in total. The van der Waals surface area contributed by atoms with Gasteiger partial charge in [0.15, 0.2) is 0 Å². The molecule has 0 aliphatic rings. The molecule has 2 aromatic heterocycles. The minimum absolute atomic E-state index is 0.0988. The van der Waals surface area contributed by atoms with Crippen LogP contribution in [0.15, 0.2) is 27.7 Å². The van der Waals surface area contributed by atoms with Crippen LogP contribution in [0.3, 0.4) is 0 Å². The Morgan fingerprint density at radius 2 is 2.24 bits per heavy atom. The zero-order valence-electron chi connectivity index (χ0n) is 9.10. The Morgan fingerprint density at radius 1 is 1.47 bits per heavy atom. The Hall–Kier alpha value is -1.14. The molecule has 17 heavy (non-hydrogen) atoms. The molecule has 90 valence electrons. The number of aryl methyl sites for hydroxylation is 3. The van der Waals surface area contributed by atoms with Crippen molar-refractivity contribution in [1.29, 1.82) is 0 Å². The van der Waals surface area contributed by atoms with Gasteiger partial charge in [0.25, 0.3) is 5.56 Å². The monoisotopic (exact) mass is 316 g/mol. The highest BCUT2D eigenvalue weighted by Gasteiger charge is 2.05. The van der Waals surface area contributed by atoms with E-state index in [9.17, 15) is 4.79 Å². The van der Waals surface area contributed by atoms with Crippen LogP contribution in [0, 0.1) is 0 Å². The normalized spacial score (nSPS) is 10.8. The molecule has 0 aromatic carbocycles. The lowest BCUT2D eigenvalue weighted by Crippen LogP contribution is -2.21. The second kappa shape index (κ2) is 5.01. The molecule has 0 aliphatic carbocycles.